The maximum absolute atomic E-state index is 13.4. The van der Waals surface area contributed by atoms with Crippen molar-refractivity contribution < 1.29 is 9.59 Å². The van der Waals surface area contributed by atoms with Crippen LogP contribution in [0, 0.1) is 6.92 Å². The van der Waals surface area contributed by atoms with E-state index in [0.29, 0.717) is 36.7 Å². The van der Waals surface area contributed by atoms with Crippen molar-refractivity contribution in [3.8, 4) is 10.4 Å². The second-order valence-electron chi connectivity index (χ2n) is 8.22. The molecule has 8 heteroatoms. The molecule has 1 atom stereocenters. The smallest absolute Gasteiger partial charge is 0.258 e. The SMILES string of the molecule is Cc1nc(N(C)C)ncc1C(=O)N1CCN(C)C(=O)C1Cc1ccc(-c2cccs2)cc1. The first-order chi connectivity index (χ1) is 15.3. The molecule has 0 saturated carbocycles. The number of rotatable bonds is 5. The number of carbonyl (C=O) groups excluding carboxylic acids is 2. The second-order valence-corrected chi connectivity index (χ2v) is 9.16. The minimum Gasteiger partial charge on any atom is -0.347 e. The van der Waals surface area contributed by atoms with E-state index in [9.17, 15) is 9.59 Å². The maximum Gasteiger partial charge on any atom is 0.258 e. The number of nitrogens with zero attached hydrogens (tertiary/aromatic N) is 5. The van der Waals surface area contributed by atoms with Gasteiger partial charge in [-0.2, -0.15) is 0 Å². The van der Waals surface area contributed by atoms with Gasteiger partial charge in [0, 0.05) is 51.7 Å². The average Bonchev–Trinajstić information content (AvgIpc) is 3.32. The van der Waals surface area contributed by atoms with E-state index in [1.54, 1.807) is 46.2 Å². The number of piperazine rings is 1. The van der Waals surface area contributed by atoms with E-state index in [0.717, 1.165) is 11.1 Å². The fourth-order valence-electron chi connectivity index (χ4n) is 3.86. The Morgan fingerprint density at radius 2 is 1.94 bits per heavy atom. The third kappa shape index (κ3) is 4.36. The lowest BCUT2D eigenvalue weighted by molar-refractivity contribution is -0.138. The van der Waals surface area contributed by atoms with Gasteiger partial charge in [0.05, 0.1) is 11.3 Å². The summed E-state index contributed by atoms with van der Waals surface area (Å²) >= 11 is 1.70. The second kappa shape index (κ2) is 9.08. The van der Waals surface area contributed by atoms with Crippen molar-refractivity contribution in [3.05, 3.63) is 64.8 Å². The van der Waals surface area contributed by atoms with Gasteiger partial charge in [-0.25, -0.2) is 9.97 Å². The highest BCUT2D eigenvalue weighted by Crippen LogP contribution is 2.26. The lowest BCUT2D eigenvalue weighted by Crippen LogP contribution is -2.58. The molecule has 0 radical (unpaired) electrons. The summed E-state index contributed by atoms with van der Waals surface area (Å²) in [4.78, 5) is 41.6. The zero-order chi connectivity index (χ0) is 22.8. The van der Waals surface area contributed by atoms with Crippen molar-refractivity contribution in [2.45, 2.75) is 19.4 Å². The van der Waals surface area contributed by atoms with Crippen LogP contribution in [0.4, 0.5) is 5.95 Å². The third-order valence-electron chi connectivity index (χ3n) is 5.76. The van der Waals surface area contributed by atoms with E-state index >= 15 is 0 Å². The monoisotopic (exact) mass is 449 g/mol. The van der Waals surface area contributed by atoms with Gasteiger partial charge >= 0.3 is 0 Å². The highest BCUT2D eigenvalue weighted by atomic mass is 32.1. The number of hydrogen-bond acceptors (Lipinski definition) is 6. The van der Waals surface area contributed by atoms with Gasteiger partial charge in [-0.05, 0) is 29.5 Å². The van der Waals surface area contributed by atoms with Crippen LogP contribution in [0.1, 0.15) is 21.6 Å². The van der Waals surface area contributed by atoms with Crippen LogP contribution < -0.4 is 4.90 Å². The molecule has 1 unspecified atom stereocenters. The molecule has 0 aliphatic carbocycles. The van der Waals surface area contributed by atoms with Crippen LogP contribution in [0.15, 0.2) is 48.0 Å². The Bertz CT molecular complexity index is 1110. The number of benzene rings is 1. The molecule has 7 nitrogen and oxygen atoms in total. The Morgan fingerprint density at radius 1 is 1.19 bits per heavy atom. The molecule has 3 aromatic rings. The maximum atomic E-state index is 13.4. The van der Waals surface area contributed by atoms with Crippen molar-refractivity contribution >= 4 is 29.1 Å². The molecule has 166 valence electrons. The minimum atomic E-state index is -0.554. The first-order valence-electron chi connectivity index (χ1n) is 10.5. The van der Waals surface area contributed by atoms with Crippen LogP contribution in [0.5, 0.6) is 0 Å². The lowest BCUT2D eigenvalue weighted by atomic mass is 9.99. The first-order valence-corrected chi connectivity index (χ1v) is 11.4. The van der Waals surface area contributed by atoms with Crippen molar-refractivity contribution in [2.24, 2.45) is 0 Å². The van der Waals surface area contributed by atoms with Gasteiger partial charge in [-0.15, -0.1) is 11.3 Å². The van der Waals surface area contributed by atoms with Crippen LogP contribution in [0.3, 0.4) is 0 Å². The van der Waals surface area contributed by atoms with Crippen LogP contribution in [0.2, 0.25) is 0 Å². The van der Waals surface area contributed by atoms with Crippen molar-refractivity contribution in [1.29, 1.82) is 0 Å². The van der Waals surface area contributed by atoms with E-state index in [1.807, 2.05) is 32.3 Å². The predicted molar refractivity (Wildman–Crippen MR) is 127 cm³/mol. The molecule has 0 bridgehead atoms. The van der Waals surface area contributed by atoms with Gasteiger partial charge in [0.25, 0.3) is 5.91 Å². The van der Waals surface area contributed by atoms with E-state index in [2.05, 4.69) is 33.5 Å². The summed E-state index contributed by atoms with van der Waals surface area (Å²) in [6.07, 6.45) is 2.03. The molecule has 1 aromatic carbocycles. The molecule has 1 saturated heterocycles. The summed E-state index contributed by atoms with van der Waals surface area (Å²) in [5.41, 5.74) is 3.22. The van der Waals surface area contributed by atoms with Crippen LogP contribution in [-0.2, 0) is 11.2 Å². The van der Waals surface area contributed by atoms with Gasteiger partial charge < -0.3 is 14.7 Å². The number of hydrogen-bond donors (Lipinski definition) is 0. The highest BCUT2D eigenvalue weighted by Gasteiger charge is 2.37. The molecule has 0 N–H and O–H groups in total. The Kier molecular flexibility index (Phi) is 6.23. The zero-order valence-electron chi connectivity index (χ0n) is 18.8. The topological polar surface area (TPSA) is 69.6 Å². The van der Waals surface area contributed by atoms with E-state index in [4.69, 9.17) is 0 Å². The highest BCUT2D eigenvalue weighted by molar-refractivity contribution is 7.13. The molecule has 32 heavy (non-hydrogen) atoms. The Labute approximate surface area is 192 Å². The zero-order valence-corrected chi connectivity index (χ0v) is 19.6. The molecule has 1 aliphatic rings. The number of anilines is 1. The van der Waals surface area contributed by atoms with Crippen molar-refractivity contribution in [2.75, 3.05) is 39.1 Å². The molecule has 2 aromatic heterocycles. The summed E-state index contributed by atoms with van der Waals surface area (Å²) in [7, 11) is 5.50. The molecular formula is C24H27N5O2S. The number of likely N-dealkylation sites (N-methyl/N-ethyl adjacent to an activating group) is 1. The Morgan fingerprint density at radius 3 is 2.56 bits per heavy atom. The van der Waals surface area contributed by atoms with Gasteiger partial charge in [0.15, 0.2) is 0 Å². The van der Waals surface area contributed by atoms with E-state index < -0.39 is 6.04 Å². The van der Waals surface area contributed by atoms with Crippen LogP contribution in [-0.4, -0.2) is 71.9 Å². The van der Waals surface area contributed by atoms with Gasteiger partial charge in [0.2, 0.25) is 11.9 Å². The molecule has 3 heterocycles. The van der Waals surface area contributed by atoms with Gasteiger partial charge in [-0.3, -0.25) is 9.59 Å². The lowest BCUT2D eigenvalue weighted by Gasteiger charge is -2.39. The average molecular weight is 450 g/mol. The summed E-state index contributed by atoms with van der Waals surface area (Å²) in [6, 6.07) is 11.8. The summed E-state index contributed by atoms with van der Waals surface area (Å²) in [5.74, 6) is 0.306. The fourth-order valence-corrected chi connectivity index (χ4v) is 4.59. The normalized spacial score (nSPS) is 16.4. The van der Waals surface area contributed by atoms with Crippen molar-refractivity contribution in [1.82, 2.24) is 19.8 Å². The van der Waals surface area contributed by atoms with Gasteiger partial charge in [-0.1, -0.05) is 30.3 Å². The summed E-state index contributed by atoms with van der Waals surface area (Å²) < 4.78 is 0. The third-order valence-corrected chi connectivity index (χ3v) is 6.68. The first kappa shape index (κ1) is 22.0. The fraction of sp³-hybridized carbons (Fsp3) is 0.333. The molecule has 2 amide bonds. The largest absolute Gasteiger partial charge is 0.347 e. The van der Waals surface area contributed by atoms with Crippen LogP contribution in [0.25, 0.3) is 10.4 Å². The molecule has 1 aliphatic heterocycles. The summed E-state index contributed by atoms with van der Waals surface area (Å²) in [6.45, 7) is 2.79. The number of carbonyl (C=O) groups is 2. The number of amides is 2. The Balaban J connectivity index is 1.58. The van der Waals surface area contributed by atoms with E-state index in [1.165, 1.54) is 4.88 Å². The van der Waals surface area contributed by atoms with E-state index in [-0.39, 0.29) is 11.8 Å². The molecule has 4 rings (SSSR count). The molecule has 1 fully saturated rings. The minimum absolute atomic E-state index is 0.0459. The van der Waals surface area contributed by atoms with Crippen molar-refractivity contribution in [3.63, 3.8) is 0 Å². The quantitative estimate of drug-likeness (QED) is 0.599. The standard InChI is InChI=1S/C24H27N5O2S/c1-16-19(15-25-24(26-16)27(2)3)22(30)29-12-11-28(4)23(31)20(29)14-17-7-9-18(10-8-17)21-6-5-13-32-21/h5-10,13,15,20H,11-12,14H2,1-4H3. The number of aryl methyl sites for hydroxylation is 1. The summed E-state index contributed by atoms with van der Waals surface area (Å²) in [5, 5.41) is 2.06. The number of thiophene rings is 1. The number of aromatic nitrogens is 2. The molecule has 0 spiro atoms. The van der Waals surface area contributed by atoms with Gasteiger partial charge in [0.1, 0.15) is 6.04 Å². The molecular weight excluding hydrogens is 422 g/mol. The van der Waals surface area contributed by atoms with Crippen LogP contribution >= 0.6 is 11.3 Å². The predicted octanol–water partition coefficient (Wildman–Crippen LogP) is 3.11. The Hall–Kier alpha value is -3.26.